The summed E-state index contributed by atoms with van der Waals surface area (Å²) in [6.45, 7) is 2.09. The molecule has 2 aromatic rings. The molecule has 26 heavy (non-hydrogen) atoms. The summed E-state index contributed by atoms with van der Waals surface area (Å²) in [6, 6.07) is 6.48. The van der Waals surface area contributed by atoms with Gasteiger partial charge in [-0.3, -0.25) is 9.59 Å². The molecular weight excluding hydrogens is 377 g/mol. The lowest BCUT2D eigenvalue weighted by atomic mass is 9.71. The van der Waals surface area contributed by atoms with Crippen LogP contribution in [0.2, 0.25) is 5.02 Å². The number of nitrogens with two attached hydrogens (primary N) is 2. The second kappa shape index (κ2) is 7.96. The molecule has 0 saturated heterocycles. The Bertz CT molecular complexity index is 823. The van der Waals surface area contributed by atoms with Crippen LogP contribution in [0.25, 0.3) is 10.9 Å². The quantitative estimate of drug-likeness (QED) is 0.540. The summed E-state index contributed by atoms with van der Waals surface area (Å²) >= 11 is 5.99. The lowest BCUT2D eigenvalue weighted by Crippen LogP contribution is -2.64. The molecule has 3 atom stereocenters. The van der Waals surface area contributed by atoms with E-state index in [1.54, 1.807) is 25.1 Å². The smallest absolute Gasteiger partial charge is 0.308 e. The van der Waals surface area contributed by atoms with Crippen LogP contribution in [0, 0.1) is 5.92 Å². The Kier molecular flexibility index (Phi) is 6.34. The number of esters is 1. The van der Waals surface area contributed by atoms with Crippen LogP contribution in [0.4, 0.5) is 0 Å². The van der Waals surface area contributed by atoms with Gasteiger partial charge in [0, 0.05) is 22.0 Å². The van der Waals surface area contributed by atoms with Gasteiger partial charge in [-0.15, -0.1) is 12.4 Å². The summed E-state index contributed by atoms with van der Waals surface area (Å²) < 4.78 is 5.06. The molecule has 142 valence electrons. The van der Waals surface area contributed by atoms with Gasteiger partial charge in [-0.1, -0.05) is 11.6 Å². The van der Waals surface area contributed by atoms with Crippen LogP contribution in [-0.2, 0) is 9.53 Å². The van der Waals surface area contributed by atoms with Crippen LogP contribution in [0.5, 0.6) is 0 Å². The minimum absolute atomic E-state index is 0. The van der Waals surface area contributed by atoms with Gasteiger partial charge in [0.25, 0.3) is 0 Å². The second-order valence-corrected chi connectivity index (χ2v) is 7.05. The molecule has 1 saturated carbocycles. The van der Waals surface area contributed by atoms with Gasteiger partial charge >= 0.3 is 5.97 Å². The van der Waals surface area contributed by atoms with Gasteiger partial charge in [-0.05, 0) is 50.5 Å². The van der Waals surface area contributed by atoms with Crippen LogP contribution >= 0.6 is 24.0 Å². The number of hydrogen-bond acceptors (Lipinski definition) is 5. The van der Waals surface area contributed by atoms with Crippen molar-refractivity contribution in [1.82, 2.24) is 4.98 Å². The number of fused-ring (bicyclic) bond motifs is 1. The van der Waals surface area contributed by atoms with E-state index in [4.69, 9.17) is 27.8 Å². The van der Waals surface area contributed by atoms with E-state index in [-0.39, 0.29) is 30.1 Å². The molecule has 0 aliphatic heterocycles. The van der Waals surface area contributed by atoms with E-state index < -0.39 is 11.6 Å². The fraction of sp³-hybridized carbons (Fsp3) is 0.444. The maximum Gasteiger partial charge on any atom is 0.308 e. The van der Waals surface area contributed by atoms with E-state index in [0.717, 1.165) is 10.9 Å². The summed E-state index contributed by atoms with van der Waals surface area (Å²) in [6.07, 6.45) is 1.17. The largest absolute Gasteiger partial charge is 0.466 e. The summed E-state index contributed by atoms with van der Waals surface area (Å²) in [5, 5.41) is 1.44. The number of ether oxygens (including phenoxy) is 1. The maximum atomic E-state index is 13.0. The van der Waals surface area contributed by atoms with Crippen molar-refractivity contribution >= 4 is 46.7 Å². The van der Waals surface area contributed by atoms with Gasteiger partial charge in [0.2, 0.25) is 0 Å². The first-order chi connectivity index (χ1) is 11.8. The highest BCUT2D eigenvalue weighted by Gasteiger charge is 2.46. The van der Waals surface area contributed by atoms with Crippen LogP contribution in [0.3, 0.4) is 0 Å². The van der Waals surface area contributed by atoms with Crippen molar-refractivity contribution in [2.45, 2.75) is 37.8 Å². The highest BCUT2D eigenvalue weighted by Crippen LogP contribution is 2.33. The molecule has 1 aliphatic carbocycles. The fourth-order valence-electron chi connectivity index (χ4n) is 3.47. The number of aromatic nitrogens is 1. The number of Topliss-reactive ketones (excluding diaryl/α,β-unsaturated/α-hetero) is 1. The molecule has 3 rings (SSSR count). The number of rotatable bonds is 4. The van der Waals surface area contributed by atoms with Gasteiger partial charge < -0.3 is 21.2 Å². The molecule has 1 aliphatic rings. The maximum absolute atomic E-state index is 13.0. The Morgan fingerprint density at radius 3 is 2.77 bits per heavy atom. The number of hydrogen-bond donors (Lipinski definition) is 3. The third-order valence-electron chi connectivity index (χ3n) is 4.98. The molecule has 1 fully saturated rings. The molecule has 1 aromatic carbocycles. The summed E-state index contributed by atoms with van der Waals surface area (Å²) in [7, 11) is 0. The number of H-pyrrole nitrogens is 1. The summed E-state index contributed by atoms with van der Waals surface area (Å²) in [5.41, 5.74) is 12.6. The van der Waals surface area contributed by atoms with Crippen molar-refractivity contribution in [1.29, 1.82) is 0 Å². The van der Waals surface area contributed by atoms with Crippen LogP contribution < -0.4 is 11.5 Å². The van der Waals surface area contributed by atoms with Gasteiger partial charge in [0.05, 0.1) is 23.8 Å². The molecule has 5 N–H and O–H groups in total. The molecule has 1 heterocycles. The highest BCUT2D eigenvalue weighted by atomic mass is 35.5. The predicted octanol–water partition coefficient (Wildman–Crippen LogP) is 2.81. The number of nitrogens with one attached hydrogen (secondary N) is 1. The number of ketones is 1. The molecule has 0 bridgehead atoms. The average Bonchev–Trinajstić information content (AvgIpc) is 2.99. The Morgan fingerprint density at radius 2 is 2.12 bits per heavy atom. The van der Waals surface area contributed by atoms with E-state index >= 15 is 0 Å². The molecular formula is C18H23Cl2N3O3. The Labute approximate surface area is 163 Å². The topological polar surface area (TPSA) is 111 Å². The van der Waals surface area contributed by atoms with Crippen LogP contribution in [-0.4, -0.2) is 34.9 Å². The minimum atomic E-state index is -1.20. The third-order valence-corrected chi connectivity index (χ3v) is 5.21. The number of carbonyl (C=O) groups excluding carboxylic acids is 2. The average molecular weight is 400 g/mol. The molecule has 6 nitrogen and oxygen atoms in total. The zero-order valence-electron chi connectivity index (χ0n) is 14.5. The lowest BCUT2D eigenvalue weighted by Gasteiger charge is -2.40. The molecule has 0 amide bonds. The first kappa shape index (κ1) is 20.7. The van der Waals surface area contributed by atoms with Crippen molar-refractivity contribution < 1.29 is 14.3 Å². The van der Waals surface area contributed by atoms with Crippen molar-refractivity contribution in [2.75, 3.05) is 6.61 Å². The zero-order valence-corrected chi connectivity index (χ0v) is 16.0. The highest BCUT2D eigenvalue weighted by molar-refractivity contribution is 6.31. The molecule has 8 heteroatoms. The normalized spacial score (nSPS) is 25.5. The van der Waals surface area contributed by atoms with Crippen molar-refractivity contribution in [3.05, 3.63) is 35.0 Å². The van der Waals surface area contributed by atoms with E-state index in [1.165, 1.54) is 0 Å². The van der Waals surface area contributed by atoms with Crippen LogP contribution in [0.15, 0.2) is 24.3 Å². The molecule has 1 aromatic heterocycles. The SMILES string of the molecule is CCOC(=O)C1CCC(N)(C(=O)c2cc3cc(Cl)ccc3[nH]2)C(N)C1.Cl. The first-order valence-electron chi connectivity index (χ1n) is 8.39. The predicted molar refractivity (Wildman–Crippen MR) is 104 cm³/mol. The number of aromatic amines is 1. The van der Waals surface area contributed by atoms with E-state index in [1.807, 2.05) is 6.07 Å². The van der Waals surface area contributed by atoms with Crippen molar-refractivity contribution in [3.8, 4) is 0 Å². The lowest BCUT2D eigenvalue weighted by molar-refractivity contribution is -0.149. The standard InChI is InChI=1S/C18H22ClN3O3.ClH/c1-2-25-17(24)10-5-6-18(21,15(20)9-10)16(23)14-8-11-7-12(19)3-4-13(11)22-14;/h3-4,7-8,10,15,22H,2,5-6,9,20-21H2,1H3;1H. The second-order valence-electron chi connectivity index (χ2n) is 6.61. The van der Waals surface area contributed by atoms with E-state index in [9.17, 15) is 9.59 Å². The minimum Gasteiger partial charge on any atom is -0.466 e. The van der Waals surface area contributed by atoms with Crippen molar-refractivity contribution in [2.24, 2.45) is 17.4 Å². The first-order valence-corrected chi connectivity index (χ1v) is 8.77. The zero-order chi connectivity index (χ0) is 18.2. The van der Waals surface area contributed by atoms with Gasteiger partial charge in [0.15, 0.2) is 5.78 Å². The van der Waals surface area contributed by atoms with Gasteiger partial charge in [-0.25, -0.2) is 0 Å². The Morgan fingerprint density at radius 1 is 1.38 bits per heavy atom. The summed E-state index contributed by atoms with van der Waals surface area (Å²) in [4.78, 5) is 28.0. The third kappa shape index (κ3) is 3.74. The Hall–Kier alpha value is -1.60. The fourth-order valence-corrected chi connectivity index (χ4v) is 3.65. The number of carbonyl (C=O) groups is 2. The summed E-state index contributed by atoms with van der Waals surface area (Å²) in [5.74, 6) is -0.816. The molecule has 3 unspecified atom stereocenters. The Balaban J connectivity index is 0.00000243. The van der Waals surface area contributed by atoms with Crippen molar-refractivity contribution in [3.63, 3.8) is 0 Å². The van der Waals surface area contributed by atoms with Gasteiger partial charge in [-0.2, -0.15) is 0 Å². The van der Waals surface area contributed by atoms with Gasteiger partial charge in [0.1, 0.15) is 0 Å². The van der Waals surface area contributed by atoms with Crippen LogP contribution in [0.1, 0.15) is 36.7 Å². The number of benzene rings is 1. The van der Waals surface area contributed by atoms with E-state index in [2.05, 4.69) is 4.98 Å². The molecule has 0 radical (unpaired) electrons. The molecule has 0 spiro atoms. The number of halogens is 2. The monoisotopic (exact) mass is 399 g/mol. The van der Waals surface area contributed by atoms with E-state index in [0.29, 0.717) is 36.6 Å².